The lowest BCUT2D eigenvalue weighted by Crippen LogP contribution is -2.52. The number of para-hydroxylation sites is 1. The summed E-state index contributed by atoms with van der Waals surface area (Å²) in [6, 6.07) is 21.2. The van der Waals surface area contributed by atoms with Crippen molar-refractivity contribution in [3.05, 3.63) is 82.9 Å². The number of nitrogens with two attached hydrogens (primary N) is 1. The molecular weight excluding hydrogens is 374 g/mol. The maximum atomic E-state index is 11.5. The molecule has 0 aliphatic heterocycles. The third-order valence-corrected chi connectivity index (χ3v) is 5.44. The number of hydrogen-bond donors (Lipinski definition) is 2. The minimum absolute atomic E-state index is 0.296. The summed E-state index contributed by atoms with van der Waals surface area (Å²) >= 11 is 6.14. The third-order valence-electron chi connectivity index (χ3n) is 5.20. The molecule has 0 aromatic heterocycles. The van der Waals surface area contributed by atoms with Gasteiger partial charge in [0.25, 0.3) is 0 Å². The Kier molecular flexibility index (Phi) is 4.84. The Bertz CT molecular complexity index is 1050. The number of benzene rings is 3. The number of carbonyl (C=O) groups is 1. The molecule has 1 aliphatic rings. The molecule has 0 amide bonds. The fourth-order valence-corrected chi connectivity index (χ4v) is 3.81. The number of ether oxygens (including phenoxy) is 1. The summed E-state index contributed by atoms with van der Waals surface area (Å²) in [6.45, 7) is 0. The van der Waals surface area contributed by atoms with Gasteiger partial charge in [0, 0.05) is 17.0 Å². The molecule has 0 bridgehead atoms. The molecule has 4 nitrogen and oxygen atoms in total. The van der Waals surface area contributed by atoms with Crippen molar-refractivity contribution >= 4 is 17.6 Å². The second-order valence-corrected chi connectivity index (χ2v) is 7.61. The van der Waals surface area contributed by atoms with Gasteiger partial charge in [0.2, 0.25) is 0 Å². The number of carboxylic acids is 1. The van der Waals surface area contributed by atoms with E-state index in [4.69, 9.17) is 22.1 Å². The average molecular weight is 394 g/mol. The highest BCUT2D eigenvalue weighted by Crippen LogP contribution is 2.36. The SMILES string of the molecule is NC1(C(=O)O)CCc2ccc(Oc3ccccc3-c3cccc(Cl)c3)cc2C1. The highest BCUT2D eigenvalue weighted by molar-refractivity contribution is 6.30. The lowest BCUT2D eigenvalue weighted by Gasteiger charge is -2.31. The van der Waals surface area contributed by atoms with Gasteiger partial charge in [-0.25, -0.2) is 0 Å². The second-order valence-electron chi connectivity index (χ2n) is 7.18. The minimum atomic E-state index is -1.22. The summed E-state index contributed by atoms with van der Waals surface area (Å²) in [5, 5.41) is 10.1. The van der Waals surface area contributed by atoms with Crippen LogP contribution >= 0.6 is 11.6 Å². The van der Waals surface area contributed by atoms with E-state index in [1.54, 1.807) is 0 Å². The zero-order valence-corrected chi connectivity index (χ0v) is 15.9. The van der Waals surface area contributed by atoms with E-state index in [2.05, 4.69) is 0 Å². The first-order valence-corrected chi connectivity index (χ1v) is 9.49. The van der Waals surface area contributed by atoms with Crippen LogP contribution in [0.2, 0.25) is 5.02 Å². The smallest absolute Gasteiger partial charge is 0.324 e. The zero-order chi connectivity index (χ0) is 19.7. The normalized spacial score (nSPS) is 18.4. The molecule has 3 aromatic rings. The van der Waals surface area contributed by atoms with Crippen LogP contribution in [0.4, 0.5) is 0 Å². The van der Waals surface area contributed by atoms with E-state index >= 15 is 0 Å². The van der Waals surface area contributed by atoms with Crippen LogP contribution in [0.3, 0.4) is 0 Å². The van der Waals surface area contributed by atoms with Crippen LogP contribution in [0.5, 0.6) is 11.5 Å². The Morgan fingerprint density at radius 3 is 2.64 bits per heavy atom. The number of aliphatic carboxylic acids is 1. The Morgan fingerprint density at radius 1 is 1.04 bits per heavy atom. The van der Waals surface area contributed by atoms with Crippen molar-refractivity contribution in [2.45, 2.75) is 24.8 Å². The van der Waals surface area contributed by atoms with Crippen molar-refractivity contribution in [3.8, 4) is 22.6 Å². The second kappa shape index (κ2) is 7.30. The number of aryl methyl sites for hydroxylation is 1. The van der Waals surface area contributed by atoms with Gasteiger partial charge in [-0.15, -0.1) is 0 Å². The van der Waals surface area contributed by atoms with Crippen LogP contribution < -0.4 is 10.5 Å². The van der Waals surface area contributed by atoms with Gasteiger partial charge in [-0.3, -0.25) is 4.79 Å². The fourth-order valence-electron chi connectivity index (χ4n) is 3.62. The standard InChI is InChI=1S/C23H20ClNO3/c24-18-5-3-4-16(12-18)20-6-1-2-7-21(20)28-19-9-8-15-10-11-23(25,22(26)27)14-17(15)13-19/h1-9,12-13H,10-11,14,25H2,(H,26,27). The Morgan fingerprint density at radius 2 is 1.86 bits per heavy atom. The van der Waals surface area contributed by atoms with E-state index in [9.17, 15) is 9.90 Å². The maximum Gasteiger partial charge on any atom is 0.324 e. The monoisotopic (exact) mass is 393 g/mol. The lowest BCUT2D eigenvalue weighted by molar-refractivity contribution is -0.143. The van der Waals surface area contributed by atoms with Crippen LogP contribution in [0, 0.1) is 0 Å². The highest BCUT2D eigenvalue weighted by Gasteiger charge is 2.37. The molecule has 0 saturated carbocycles. The zero-order valence-electron chi connectivity index (χ0n) is 15.2. The van der Waals surface area contributed by atoms with Crippen LogP contribution in [0.25, 0.3) is 11.1 Å². The molecule has 0 fully saturated rings. The Labute approximate surface area is 168 Å². The molecule has 0 radical (unpaired) electrons. The first kappa shape index (κ1) is 18.5. The summed E-state index contributed by atoms with van der Waals surface area (Å²) in [7, 11) is 0. The quantitative estimate of drug-likeness (QED) is 0.649. The lowest BCUT2D eigenvalue weighted by atomic mass is 9.78. The van der Waals surface area contributed by atoms with Crippen molar-refractivity contribution in [2.75, 3.05) is 0 Å². The first-order valence-electron chi connectivity index (χ1n) is 9.11. The van der Waals surface area contributed by atoms with E-state index in [-0.39, 0.29) is 0 Å². The van der Waals surface area contributed by atoms with Crippen molar-refractivity contribution in [3.63, 3.8) is 0 Å². The predicted octanol–water partition coefficient (Wildman–Crippen LogP) is 5.07. The third kappa shape index (κ3) is 3.61. The van der Waals surface area contributed by atoms with Gasteiger partial charge in [0.15, 0.2) is 0 Å². The first-order chi connectivity index (χ1) is 13.4. The number of carboxylic acid groups (broad SMARTS) is 1. The number of hydrogen-bond acceptors (Lipinski definition) is 3. The molecule has 1 aliphatic carbocycles. The van der Waals surface area contributed by atoms with Gasteiger partial charge < -0.3 is 15.6 Å². The molecule has 1 atom stereocenters. The number of rotatable bonds is 4. The molecule has 3 N–H and O–H groups in total. The average Bonchev–Trinajstić information content (AvgIpc) is 2.68. The molecule has 0 heterocycles. The number of fused-ring (bicyclic) bond motifs is 1. The number of halogens is 1. The van der Waals surface area contributed by atoms with E-state index in [1.807, 2.05) is 66.7 Å². The van der Waals surface area contributed by atoms with Gasteiger partial charge in [-0.05, 0) is 59.9 Å². The van der Waals surface area contributed by atoms with E-state index < -0.39 is 11.5 Å². The van der Waals surface area contributed by atoms with Gasteiger partial charge in [-0.2, -0.15) is 0 Å². The van der Waals surface area contributed by atoms with Gasteiger partial charge >= 0.3 is 5.97 Å². The van der Waals surface area contributed by atoms with Crippen LogP contribution in [0.15, 0.2) is 66.7 Å². The van der Waals surface area contributed by atoms with Crippen LogP contribution in [-0.4, -0.2) is 16.6 Å². The maximum absolute atomic E-state index is 11.5. The largest absolute Gasteiger partial charge is 0.480 e. The summed E-state index contributed by atoms with van der Waals surface area (Å²) in [4.78, 5) is 11.5. The van der Waals surface area contributed by atoms with Gasteiger partial charge in [-0.1, -0.05) is 48.0 Å². The summed E-state index contributed by atoms with van der Waals surface area (Å²) in [5.74, 6) is 0.399. The summed E-state index contributed by atoms with van der Waals surface area (Å²) in [6.07, 6.45) is 1.38. The van der Waals surface area contributed by atoms with Crippen molar-refractivity contribution < 1.29 is 14.6 Å². The molecule has 3 aromatic carbocycles. The van der Waals surface area contributed by atoms with Gasteiger partial charge in [0.1, 0.15) is 17.0 Å². The molecule has 28 heavy (non-hydrogen) atoms. The molecule has 0 saturated heterocycles. The van der Waals surface area contributed by atoms with E-state index in [1.165, 1.54) is 0 Å². The Hall–Kier alpha value is -2.82. The van der Waals surface area contributed by atoms with E-state index in [0.29, 0.717) is 35.8 Å². The van der Waals surface area contributed by atoms with Gasteiger partial charge in [0.05, 0.1) is 0 Å². The predicted molar refractivity (Wildman–Crippen MR) is 110 cm³/mol. The van der Waals surface area contributed by atoms with Crippen LogP contribution in [0.1, 0.15) is 17.5 Å². The summed E-state index contributed by atoms with van der Waals surface area (Å²) < 4.78 is 6.17. The van der Waals surface area contributed by atoms with E-state index in [0.717, 1.165) is 22.3 Å². The highest BCUT2D eigenvalue weighted by atomic mass is 35.5. The summed E-state index contributed by atoms with van der Waals surface area (Å²) in [5.41, 5.74) is 8.81. The van der Waals surface area contributed by atoms with Crippen molar-refractivity contribution in [1.29, 1.82) is 0 Å². The topological polar surface area (TPSA) is 72.6 Å². The molecule has 0 spiro atoms. The Balaban J connectivity index is 1.66. The van der Waals surface area contributed by atoms with Crippen molar-refractivity contribution in [1.82, 2.24) is 0 Å². The molecule has 4 rings (SSSR count). The molecule has 142 valence electrons. The molecule has 5 heteroatoms. The molecular formula is C23H20ClNO3. The fraction of sp³-hybridized carbons (Fsp3) is 0.174. The minimum Gasteiger partial charge on any atom is -0.480 e. The van der Waals surface area contributed by atoms with Crippen LogP contribution in [-0.2, 0) is 17.6 Å². The van der Waals surface area contributed by atoms with Crippen molar-refractivity contribution in [2.24, 2.45) is 5.73 Å². The molecule has 1 unspecified atom stereocenters.